The summed E-state index contributed by atoms with van der Waals surface area (Å²) in [5.74, 6) is -0.0921. The second-order valence-electron chi connectivity index (χ2n) is 6.61. The summed E-state index contributed by atoms with van der Waals surface area (Å²) in [6, 6.07) is 9.60. The van der Waals surface area contributed by atoms with Crippen molar-refractivity contribution in [1.82, 2.24) is 24.6 Å². The fourth-order valence-corrected chi connectivity index (χ4v) is 3.00. The highest BCUT2D eigenvalue weighted by Gasteiger charge is 2.23. The molecule has 0 atom stereocenters. The van der Waals surface area contributed by atoms with Gasteiger partial charge in [0, 0.05) is 25.0 Å². The largest absolute Gasteiger partial charge is 0.378 e. The molecule has 1 aliphatic rings. The molecule has 3 aromatic heterocycles. The SMILES string of the molecule is Cc1ccc(-c2cc(C(=O)N3CCOCC3)nn2-c2ccc(C)nc2)nc1. The minimum Gasteiger partial charge on any atom is -0.378 e. The number of hydrogen-bond donors (Lipinski definition) is 0. The molecule has 4 heterocycles. The van der Waals surface area contributed by atoms with Gasteiger partial charge in [0.15, 0.2) is 5.69 Å². The molecule has 7 nitrogen and oxygen atoms in total. The predicted molar refractivity (Wildman–Crippen MR) is 101 cm³/mol. The average molecular weight is 363 g/mol. The van der Waals surface area contributed by atoms with Crippen LogP contribution in [0, 0.1) is 13.8 Å². The first-order valence-corrected chi connectivity index (χ1v) is 8.95. The molecule has 0 N–H and O–H groups in total. The molecule has 0 saturated carbocycles. The van der Waals surface area contributed by atoms with E-state index < -0.39 is 0 Å². The van der Waals surface area contributed by atoms with Crippen LogP contribution in [0.2, 0.25) is 0 Å². The van der Waals surface area contributed by atoms with Gasteiger partial charge >= 0.3 is 0 Å². The van der Waals surface area contributed by atoms with Gasteiger partial charge in [-0.05, 0) is 43.7 Å². The number of pyridine rings is 2. The second-order valence-corrected chi connectivity index (χ2v) is 6.61. The standard InChI is InChI=1S/C20H21N5O2/c1-14-3-6-17(22-12-14)19-11-18(20(26)24-7-9-27-10-8-24)23-25(19)16-5-4-15(2)21-13-16/h3-6,11-13H,7-10H2,1-2H3. The molecule has 4 rings (SSSR count). The monoisotopic (exact) mass is 363 g/mol. The van der Waals surface area contributed by atoms with E-state index in [1.165, 1.54) is 0 Å². The van der Waals surface area contributed by atoms with Crippen molar-refractivity contribution in [3.05, 3.63) is 59.7 Å². The Morgan fingerprint density at radius 2 is 1.85 bits per heavy atom. The summed E-state index contributed by atoms with van der Waals surface area (Å²) in [4.78, 5) is 23.5. The van der Waals surface area contributed by atoms with Crippen LogP contribution in [-0.2, 0) is 4.74 Å². The van der Waals surface area contributed by atoms with Gasteiger partial charge in [0.05, 0.1) is 36.5 Å². The first-order chi connectivity index (χ1) is 13.1. The number of aryl methyl sites for hydroxylation is 2. The highest BCUT2D eigenvalue weighted by Crippen LogP contribution is 2.23. The third-order valence-electron chi connectivity index (χ3n) is 4.54. The zero-order valence-electron chi connectivity index (χ0n) is 15.4. The second kappa shape index (κ2) is 7.28. The normalized spacial score (nSPS) is 14.4. The van der Waals surface area contributed by atoms with Crippen molar-refractivity contribution in [3.8, 4) is 17.1 Å². The minimum atomic E-state index is -0.0921. The molecule has 3 aromatic rings. The van der Waals surface area contributed by atoms with Crippen LogP contribution in [0.4, 0.5) is 0 Å². The molecule has 1 amide bonds. The number of amides is 1. The van der Waals surface area contributed by atoms with Crippen molar-refractivity contribution < 1.29 is 9.53 Å². The van der Waals surface area contributed by atoms with Crippen LogP contribution in [0.1, 0.15) is 21.7 Å². The zero-order valence-corrected chi connectivity index (χ0v) is 15.4. The van der Waals surface area contributed by atoms with Crippen molar-refractivity contribution in [2.24, 2.45) is 0 Å². The van der Waals surface area contributed by atoms with E-state index >= 15 is 0 Å². The Labute approximate surface area is 157 Å². The quantitative estimate of drug-likeness (QED) is 0.714. The molecule has 1 fully saturated rings. The Kier molecular flexibility index (Phi) is 4.68. The Hall–Kier alpha value is -3.06. The zero-order chi connectivity index (χ0) is 18.8. The van der Waals surface area contributed by atoms with Crippen molar-refractivity contribution in [3.63, 3.8) is 0 Å². The van der Waals surface area contributed by atoms with Crippen LogP contribution >= 0.6 is 0 Å². The number of morpholine rings is 1. The number of rotatable bonds is 3. The minimum absolute atomic E-state index is 0.0921. The highest BCUT2D eigenvalue weighted by atomic mass is 16.5. The smallest absolute Gasteiger partial charge is 0.274 e. The summed E-state index contributed by atoms with van der Waals surface area (Å²) >= 11 is 0. The van der Waals surface area contributed by atoms with E-state index in [2.05, 4.69) is 15.1 Å². The molecule has 138 valence electrons. The van der Waals surface area contributed by atoms with E-state index in [1.54, 1.807) is 21.8 Å². The molecular weight excluding hydrogens is 342 g/mol. The molecule has 1 aliphatic heterocycles. The number of aromatic nitrogens is 4. The summed E-state index contributed by atoms with van der Waals surface area (Å²) in [5, 5.41) is 4.59. The lowest BCUT2D eigenvalue weighted by atomic mass is 10.2. The van der Waals surface area contributed by atoms with Gasteiger partial charge in [-0.2, -0.15) is 5.10 Å². The van der Waals surface area contributed by atoms with Crippen LogP contribution in [0.3, 0.4) is 0 Å². The Morgan fingerprint density at radius 3 is 2.52 bits per heavy atom. The van der Waals surface area contributed by atoms with Gasteiger partial charge in [-0.25, -0.2) is 4.68 Å². The molecule has 0 bridgehead atoms. The van der Waals surface area contributed by atoms with E-state index in [0.29, 0.717) is 32.0 Å². The lowest BCUT2D eigenvalue weighted by molar-refractivity contribution is 0.0298. The van der Waals surface area contributed by atoms with Gasteiger partial charge in [0.2, 0.25) is 0 Å². The van der Waals surface area contributed by atoms with Crippen LogP contribution < -0.4 is 0 Å². The Bertz CT molecular complexity index is 879. The van der Waals surface area contributed by atoms with E-state index in [1.807, 2.05) is 44.3 Å². The average Bonchev–Trinajstić information content (AvgIpc) is 3.14. The highest BCUT2D eigenvalue weighted by molar-refractivity contribution is 5.93. The molecule has 27 heavy (non-hydrogen) atoms. The van der Waals surface area contributed by atoms with E-state index in [4.69, 9.17) is 4.74 Å². The lowest BCUT2D eigenvalue weighted by Gasteiger charge is -2.25. The number of carbonyl (C=O) groups excluding carboxylic acids is 1. The predicted octanol–water partition coefficient (Wildman–Crippen LogP) is 2.42. The maximum absolute atomic E-state index is 12.9. The van der Waals surface area contributed by atoms with Gasteiger partial charge in [-0.15, -0.1) is 0 Å². The fraction of sp³-hybridized carbons (Fsp3) is 0.300. The number of hydrogen-bond acceptors (Lipinski definition) is 5. The fourth-order valence-electron chi connectivity index (χ4n) is 3.00. The number of ether oxygens (including phenoxy) is 1. The van der Waals surface area contributed by atoms with Crippen molar-refractivity contribution in [2.45, 2.75) is 13.8 Å². The molecule has 0 aliphatic carbocycles. The number of nitrogens with zero attached hydrogens (tertiary/aromatic N) is 5. The van der Waals surface area contributed by atoms with Gasteiger partial charge < -0.3 is 9.64 Å². The molecule has 0 aromatic carbocycles. The van der Waals surface area contributed by atoms with E-state index in [-0.39, 0.29) is 5.91 Å². The maximum Gasteiger partial charge on any atom is 0.274 e. The van der Waals surface area contributed by atoms with E-state index in [0.717, 1.165) is 28.3 Å². The van der Waals surface area contributed by atoms with Crippen molar-refractivity contribution in [2.75, 3.05) is 26.3 Å². The molecule has 0 radical (unpaired) electrons. The van der Waals surface area contributed by atoms with Crippen LogP contribution in [0.15, 0.2) is 42.7 Å². The molecular formula is C20H21N5O2. The van der Waals surface area contributed by atoms with Gasteiger partial charge in [0.1, 0.15) is 0 Å². The first kappa shape index (κ1) is 17.4. The first-order valence-electron chi connectivity index (χ1n) is 8.95. The number of carbonyl (C=O) groups is 1. The summed E-state index contributed by atoms with van der Waals surface area (Å²) in [5.41, 5.74) is 4.71. The van der Waals surface area contributed by atoms with Gasteiger partial charge in [-0.1, -0.05) is 6.07 Å². The molecule has 0 spiro atoms. The van der Waals surface area contributed by atoms with Crippen LogP contribution in [0.25, 0.3) is 17.1 Å². The van der Waals surface area contributed by atoms with Crippen molar-refractivity contribution in [1.29, 1.82) is 0 Å². The topological polar surface area (TPSA) is 73.1 Å². The van der Waals surface area contributed by atoms with Crippen LogP contribution in [0.5, 0.6) is 0 Å². The van der Waals surface area contributed by atoms with Crippen molar-refractivity contribution >= 4 is 5.91 Å². The molecule has 0 unspecified atom stereocenters. The summed E-state index contributed by atoms with van der Waals surface area (Å²) in [6.45, 7) is 6.20. The van der Waals surface area contributed by atoms with Gasteiger partial charge in [-0.3, -0.25) is 14.8 Å². The maximum atomic E-state index is 12.9. The third-order valence-corrected chi connectivity index (χ3v) is 4.54. The van der Waals surface area contributed by atoms with E-state index in [9.17, 15) is 4.79 Å². The molecule has 7 heteroatoms. The Morgan fingerprint density at radius 1 is 1.04 bits per heavy atom. The van der Waals surface area contributed by atoms with Crippen LogP contribution in [-0.4, -0.2) is 56.9 Å². The van der Waals surface area contributed by atoms with Gasteiger partial charge in [0.25, 0.3) is 5.91 Å². The summed E-state index contributed by atoms with van der Waals surface area (Å²) < 4.78 is 7.07. The molecule has 1 saturated heterocycles. The lowest BCUT2D eigenvalue weighted by Crippen LogP contribution is -2.40. The Balaban J connectivity index is 1.77. The third kappa shape index (κ3) is 3.59. The summed E-state index contributed by atoms with van der Waals surface area (Å²) in [7, 11) is 0. The summed E-state index contributed by atoms with van der Waals surface area (Å²) in [6.07, 6.45) is 3.56.